The van der Waals surface area contributed by atoms with Crippen molar-refractivity contribution in [3.8, 4) is 11.3 Å². The lowest BCUT2D eigenvalue weighted by atomic mass is 10.0. The lowest BCUT2D eigenvalue weighted by molar-refractivity contribution is 0.0600. The second-order valence-corrected chi connectivity index (χ2v) is 11.5. The Balaban J connectivity index is 1.61. The number of anilines is 1. The van der Waals surface area contributed by atoms with Crippen molar-refractivity contribution in [3.63, 3.8) is 0 Å². The van der Waals surface area contributed by atoms with Gasteiger partial charge in [0.25, 0.3) is 5.91 Å². The quantitative estimate of drug-likeness (QED) is 0.395. The lowest BCUT2D eigenvalue weighted by Gasteiger charge is -2.13. The second kappa shape index (κ2) is 9.44. The number of benzene rings is 2. The summed E-state index contributed by atoms with van der Waals surface area (Å²) in [5, 5.41) is 8.10. The van der Waals surface area contributed by atoms with Crippen LogP contribution < -0.4 is 5.32 Å². The van der Waals surface area contributed by atoms with E-state index in [9.17, 15) is 18.0 Å². The number of esters is 1. The maximum Gasteiger partial charge on any atom is 0.337 e. The van der Waals surface area contributed by atoms with E-state index in [-0.39, 0.29) is 23.5 Å². The van der Waals surface area contributed by atoms with E-state index >= 15 is 0 Å². The minimum Gasteiger partial charge on any atom is -0.465 e. The molecule has 9 nitrogen and oxygen atoms in total. The van der Waals surface area contributed by atoms with E-state index in [0.29, 0.717) is 45.7 Å². The van der Waals surface area contributed by atoms with Crippen molar-refractivity contribution in [1.82, 2.24) is 14.8 Å². The number of aromatic nitrogens is 3. The Morgan fingerprint density at radius 2 is 1.76 bits per heavy atom. The largest absolute Gasteiger partial charge is 0.465 e. The van der Waals surface area contributed by atoms with Crippen LogP contribution in [0.1, 0.15) is 44.4 Å². The highest BCUT2D eigenvalue weighted by atomic mass is 32.2. The van der Waals surface area contributed by atoms with Gasteiger partial charge in [-0.25, -0.2) is 22.9 Å². The molecule has 0 bridgehead atoms. The van der Waals surface area contributed by atoms with E-state index in [0.717, 1.165) is 11.1 Å². The molecule has 10 heteroatoms. The van der Waals surface area contributed by atoms with Crippen LogP contribution in [0.25, 0.3) is 22.3 Å². The number of nitrogens with one attached hydrogen (secondary N) is 1. The summed E-state index contributed by atoms with van der Waals surface area (Å²) in [6.07, 6.45) is 0.447. The SMILES string of the molecule is COC(=O)c1ccc(NC(=O)c2cc(-c3ccc(C)cc3)nc3c2c(C)nn3C2CCS(=O)(=O)C2)cc1. The Morgan fingerprint density at radius 3 is 2.38 bits per heavy atom. The Bertz CT molecular complexity index is 1620. The number of methoxy groups -OCH3 is 1. The summed E-state index contributed by atoms with van der Waals surface area (Å²) in [7, 11) is -1.84. The van der Waals surface area contributed by atoms with Crippen LogP contribution in [0.3, 0.4) is 0 Å². The number of hydrogen-bond acceptors (Lipinski definition) is 7. The van der Waals surface area contributed by atoms with Crippen molar-refractivity contribution < 1.29 is 22.7 Å². The number of rotatable bonds is 5. The summed E-state index contributed by atoms with van der Waals surface area (Å²) in [4.78, 5) is 30.1. The molecule has 5 rings (SSSR count). The number of ether oxygens (including phenoxy) is 1. The van der Waals surface area contributed by atoms with E-state index in [1.165, 1.54) is 7.11 Å². The Labute approximate surface area is 214 Å². The van der Waals surface area contributed by atoms with Gasteiger partial charge < -0.3 is 10.1 Å². The molecule has 1 N–H and O–H groups in total. The molecule has 2 aromatic heterocycles. The summed E-state index contributed by atoms with van der Waals surface area (Å²) >= 11 is 0. The molecular formula is C27H26N4O5S. The Hall–Kier alpha value is -4.05. The fourth-order valence-corrected chi connectivity index (χ4v) is 6.29. The standard InChI is InChI=1S/C27H26N4O5S/c1-16-4-6-18(7-5-16)23-14-22(26(32)28-20-10-8-19(9-11-20)27(33)36-3)24-17(2)30-31(25(24)29-23)21-12-13-37(34,35)15-21/h4-11,14,21H,12-13,15H2,1-3H3,(H,28,32). The van der Waals surface area contributed by atoms with Crippen molar-refractivity contribution in [2.24, 2.45) is 0 Å². The highest BCUT2D eigenvalue weighted by molar-refractivity contribution is 7.91. The molecule has 1 aliphatic rings. The number of fused-ring (bicyclic) bond motifs is 1. The van der Waals surface area contributed by atoms with Crippen LogP contribution in [0.2, 0.25) is 0 Å². The van der Waals surface area contributed by atoms with E-state index < -0.39 is 15.8 Å². The van der Waals surface area contributed by atoms with Gasteiger partial charge in [0.15, 0.2) is 15.5 Å². The first-order chi connectivity index (χ1) is 17.6. The predicted octanol–water partition coefficient (Wildman–Crippen LogP) is 4.11. The van der Waals surface area contributed by atoms with Crippen LogP contribution in [-0.4, -0.2) is 53.7 Å². The minimum absolute atomic E-state index is 0.00622. The van der Waals surface area contributed by atoms with Crippen LogP contribution in [0.5, 0.6) is 0 Å². The molecule has 1 atom stereocenters. The highest BCUT2D eigenvalue weighted by Gasteiger charge is 2.32. The molecule has 1 fully saturated rings. The summed E-state index contributed by atoms with van der Waals surface area (Å²) in [5.74, 6) is -0.736. The number of aryl methyl sites for hydroxylation is 2. The van der Waals surface area contributed by atoms with Gasteiger partial charge in [-0.15, -0.1) is 0 Å². The summed E-state index contributed by atoms with van der Waals surface area (Å²) in [5.41, 5.74) is 4.83. The van der Waals surface area contributed by atoms with E-state index in [2.05, 4.69) is 10.4 Å². The van der Waals surface area contributed by atoms with Crippen molar-refractivity contribution in [2.75, 3.05) is 23.9 Å². The van der Waals surface area contributed by atoms with Crippen LogP contribution >= 0.6 is 0 Å². The summed E-state index contributed by atoms with van der Waals surface area (Å²) in [6, 6.07) is 15.6. The average molecular weight is 519 g/mol. The Morgan fingerprint density at radius 1 is 1.05 bits per heavy atom. The van der Waals surface area contributed by atoms with E-state index in [1.54, 1.807) is 41.9 Å². The molecule has 0 spiro atoms. The van der Waals surface area contributed by atoms with E-state index in [1.807, 2.05) is 31.2 Å². The van der Waals surface area contributed by atoms with Crippen molar-refractivity contribution in [1.29, 1.82) is 0 Å². The van der Waals surface area contributed by atoms with Crippen LogP contribution in [0.4, 0.5) is 5.69 Å². The molecule has 4 aromatic rings. The number of pyridine rings is 1. The Kier molecular flexibility index (Phi) is 6.28. The monoisotopic (exact) mass is 518 g/mol. The van der Waals surface area contributed by atoms with Gasteiger partial charge >= 0.3 is 5.97 Å². The molecule has 3 heterocycles. The first-order valence-corrected chi connectivity index (χ1v) is 13.6. The highest BCUT2D eigenvalue weighted by Crippen LogP contribution is 2.32. The molecule has 1 aliphatic heterocycles. The number of carbonyl (C=O) groups is 2. The lowest BCUT2D eigenvalue weighted by Crippen LogP contribution is -2.15. The molecule has 37 heavy (non-hydrogen) atoms. The molecule has 1 amide bonds. The van der Waals surface area contributed by atoms with Crippen LogP contribution in [-0.2, 0) is 14.6 Å². The van der Waals surface area contributed by atoms with Gasteiger partial charge in [0.2, 0.25) is 0 Å². The zero-order valence-electron chi connectivity index (χ0n) is 20.7. The number of hydrogen-bond donors (Lipinski definition) is 1. The normalized spacial score (nSPS) is 16.6. The predicted molar refractivity (Wildman–Crippen MR) is 140 cm³/mol. The number of amides is 1. The zero-order valence-corrected chi connectivity index (χ0v) is 21.5. The minimum atomic E-state index is -3.15. The van der Waals surface area contributed by atoms with Gasteiger partial charge in [0, 0.05) is 11.3 Å². The topological polar surface area (TPSA) is 120 Å². The van der Waals surface area contributed by atoms with Crippen molar-refractivity contribution in [3.05, 3.63) is 77.0 Å². The van der Waals surface area contributed by atoms with Gasteiger partial charge in [-0.05, 0) is 50.6 Å². The third kappa shape index (κ3) is 4.84. The van der Waals surface area contributed by atoms with Gasteiger partial charge in [-0.1, -0.05) is 29.8 Å². The number of nitrogens with zero attached hydrogens (tertiary/aromatic N) is 3. The van der Waals surface area contributed by atoms with Crippen molar-refractivity contribution in [2.45, 2.75) is 26.3 Å². The summed E-state index contributed by atoms with van der Waals surface area (Å²) < 4.78 is 30.8. The third-order valence-electron chi connectivity index (χ3n) is 6.55. The molecule has 0 aliphatic carbocycles. The summed E-state index contributed by atoms with van der Waals surface area (Å²) in [6.45, 7) is 3.78. The molecule has 1 saturated heterocycles. The molecule has 190 valence electrons. The molecular weight excluding hydrogens is 492 g/mol. The number of carbonyl (C=O) groups excluding carboxylic acids is 2. The van der Waals surface area contributed by atoms with Gasteiger partial charge in [-0.3, -0.25) is 4.79 Å². The van der Waals surface area contributed by atoms with Gasteiger partial charge in [-0.2, -0.15) is 5.10 Å². The molecule has 1 unspecified atom stereocenters. The number of sulfone groups is 1. The van der Waals surface area contributed by atoms with Gasteiger partial charge in [0.1, 0.15) is 0 Å². The van der Waals surface area contributed by atoms with Crippen LogP contribution in [0.15, 0.2) is 54.6 Å². The maximum atomic E-state index is 13.6. The third-order valence-corrected chi connectivity index (χ3v) is 8.30. The second-order valence-electron chi connectivity index (χ2n) is 9.23. The van der Waals surface area contributed by atoms with Crippen molar-refractivity contribution >= 4 is 38.4 Å². The molecule has 0 saturated carbocycles. The first kappa shape index (κ1) is 24.6. The molecule has 2 aromatic carbocycles. The first-order valence-electron chi connectivity index (χ1n) is 11.8. The molecule has 0 radical (unpaired) electrons. The fourth-order valence-electron chi connectivity index (χ4n) is 4.59. The van der Waals surface area contributed by atoms with Crippen LogP contribution in [0, 0.1) is 13.8 Å². The average Bonchev–Trinajstić information content (AvgIpc) is 3.42. The van der Waals surface area contributed by atoms with E-state index in [4.69, 9.17) is 9.72 Å². The van der Waals surface area contributed by atoms with Gasteiger partial charge in [0.05, 0.1) is 52.6 Å². The maximum absolute atomic E-state index is 13.6. The smallest absolute Gasteiger partial charge is 0.337 e. The fraction of sp³-hybridized carbons (Fsp3) is 0.259. The zero-order chi connectivity index (χ0) is 26.3.